The predicted octanol–water partition coefficient (Wildman–Crippen LogP) is 5.99. The molecule has 0 spiro atoms. The summed E-state index contributed by atoms with van der Waals surface area (Å²) in [6, 6.07) is 14.0. The molecule has 0 unspecified atom stereocenters. The van der Waals surface area contributed by atoms with Crippen LogP contribution in [0.4, 0.5) is 18.0 Å². The van der Waals surface area contributed by atoms with E-state index in [0.29, 0.717) is 24.0 Å². The van der Waals surface area contributed by atoms with Crippen molar-refractivity contribution < 1.29 is 27.5 Å². The first kappa shape index (κ1) is 23.4. The van der Waals surface area contributed by atoms with Crippen LogP contribution in [0.15, 0.2) is 60.2 Å². The highest BCUT2D eigenvalue weighted by Crippen LogP contribution is 2.45. The second-order valence-electron chi connectivity index (χ2n) is 8.74. The number of alkyl halides is 3. The van der Waals surface area contributed by atoms with Gasteiger partial charge in [0, 0.05) is 22.2 Å². The van der Waals surface area contributed by atoms with E-state index in [1.165, 1.54) is 19.2 Å². The SMILES string of the molecule is COC(=O)C1=C(c2cc3ccccc3s2)C[C@@H]2CC[C@H]1N2C(=O)NCc1ccc(C(F)(F)F)cc1. The lowest BCUT2D eigenvalue weighted by molar-refractivity contribution is -0.138. The highest BCUT2D eigenvalue weighted by molar-refractivity contribution is 7.20. The van der Waals surface area contributed by atoms with Crippen LogP contribution < -0.4 is 5.32 Å². The molecular weight excluding hydrogens is 477 g/mol. The summed E-state index contributed by atoms with van der Waals surface area (Å²) in [6.45, 7) is 0.0906. The fourth-order valence-corrected chi connectivity index (χ4v) is 6.17. The van der Waals surface area contributed by atoms with Crippen molar-refractivity contribution in [2.24, 2.45) is 0 Å². The van der Waals surface area contributed by atoms with Gasteiger partial charge in [-0.3, -0.25) is 0 Å². The van der Waals surface area contributed by atoms with Gasteiger partial charge in [0.1, 0.15) is 0 Å². The number of urea groups is 1. The van der Waals surface area contributed by atoms with Crippen LogP contribution in [0.3, 0.4) is 0 Å². The number of carbonyl (C=O) groups excluding carboxylic acids is 2. The van der Waals surface area contributed by atoms with E-state index in [-0.39, 0.29) is 18.6 Å². The Morgan fingerprint density at radius 2 is 1.86 bits per heavy atom. The van der Waals surface area contributed by atoms with E-state index < -0.39 is 23.8 Å². The largest absolute Gasteiger partial charge is 0.466 e. The molecule has 2 atom stereocenters. The zero-order valence-electron chi connectivity index (χ0n) is 18.9. The maximum absolute atomic E-state index is 13.2. The fourth-order valence-electron chi connectivity index (χ4n) is 5.03. The first-order valence-corrected chi connectivity index (χ1v) is 12.1. The van der Waals surface area contributed by atoms with Gasteiger partial charge in [-0.05, 0) is 60.1 Å². The standard InChI is InChI=1S/C26H23F3N2O3S/c1-34-24(32)23-19(22-12-16-4-2-3-5-21(16)35-22)13-18-10-11-20(23)31(18)25(33)30-14-15-6-8-17(9-7-15)26(27,28)29/h2-9,12,18,20H,10-11,13-14H2,1H3,(H,30,33)/t18-,20+/m0/s1. The normalized spacial score (nSPS) is 19.8. The van der Waals surface area contributed by atoms with E-state index in [9.17, 15) is 22.8 Å². The van der Waals surface area contributed by atoms with Gasteiger partial charge in [0.05, 0.1) is 24.3 Å². The number of carbonyl (C=O) groups is 2. The molecule has 35 heavy (non-hydrogen) atoms. The summed E-state index contributed by atoms with van der Waals surface area (Å²) in [7, 11) is 1.34. The monoisotopic (exact) mass is 500 g/mol. The number of ether oxygens (including phenoxy) is 1. The third-order valence-corrected chi connectivity index (χ3v) is 7.86. The van der Waals surface area contributed by atoms with Crippen molar-refractivity contribution in [3.63, 3.8) is 0 Å². The lowest BCUT2D eigenvalue weighted by Gasteiger charge is -2.36. The van der Waals surface area contributed by atoms with Crippen LogP contribution in [0.25, 0.3) is 15.7 Å². The van der Waals surface area contributed by atoms with E-state index in [4.69, 9.17) is 4.74 Å². The number of esters is 1. The molecule has 2 aliphatic rings. The Morgan fingerprint density at radius 1 is 1.11 bits per heavy atom. The number of nitrogens with one attached hydrogen (secondary N) is 1. The molecular formula is C26H23F3N2O3S. The molecule has 2 aromatic carbocycles. The molecule has 3 aromatic rings. The lowest BCUT2D eigenvalue weighted by atomic mass is 9.92. The molecule has 0 saturated carbocycles. The molecule has 1 saturated heterocycles. The molecule has 3 heterocycles. The van der Waals surface area contributed by atoms with Crippen molar-refractivity contribution in [1.29, 1.82) is 0 Å². The Labute approximate surface area is 204 Å². The number of amides is 2. The smallest absolute Gasteiger partial charge is 0.416 e. The molecule has 1 N–H and O–H groups in total. The molecule has 9 heteroatoms. The third-order valence-electron chi connectivity index (χ3n) is 6.69. The van der Waals surface area contributed by atoms with E-state index in [2.05, 4.69) is 11.4 Å². The highest BCUT2D eigenvalue weighted by atomic mass is 32.1. The molecule has 2 aliphatic heterocycles. The van der Waals surface area contributed by atoms with Crippen LogP contribution in [-0.2, 0) is 22.3 Å². The van der Waals surface area contributed by atoms with Gasteiger partial charge in [-0.2, -0.15) is 13.2 Å². The first-order chi connectivity index (χ1) is 16.8. The molecule has 0 radical (unpaired) electrons. The number of hydrogen-bond acceptors (Lipinski definition) is 4. The van der Waals surface area contributed by atoms with Gasteiger partial charge in [-0.25, -0.2) is 9.59 Å². The Morgan fingerprint density at radius 3 is 2.54 bits per heavy atom. The summed E-state index contributed by atoms with van der Waals surface area (Å²) in [6.07, 6.45) is -2.45. The third kappa shape index (κ3) is 4.40. The summed E-state index contributed by atoms with van der Waals surface area (Å²) < 4.78 is 44.6. The van der Waals surface area contributed by atoms with Gasteiger partial charge in [0.25, 0.3) is 0 Å². The molecule has 2 amide bonds. The van der Waals surface area contributed by atoms with Crippen LogP contribution in [0.5, 0.6) is 0 Å². The van der Waals surface area contributed by atoms with Crippen LogP contribution in [0.2, 0.25) is 0 Å². The van der Waals surface area contributed by atoms with Crippen LogP contribution in [-0.4, -0.2) is 36.1 Å². The minimum atomic E-state index is -4.41. The Balaban J connectivity index is 1.39. The van der Waals surface area contributed by atoms with Crippen molar-refractivity contribution in [2.75, 3.05) is 7.11 Å². The number of rotatable bonds is 4. The van der Waals surface area contributed by atoms with Crippen molar-refractivity contribution in [3.8, 4) is 0 Å². The number of methoxy groups -OCH3 is 1. The van der Waals surface area contributed by atoms with Crippen molar-refractivity contribution >= 4 is 39.0 Å². The summed E-state index contributed by atoms with van der Waals surface area (Å²) >= 11 is 1.62. The number of nitrogens with zero attached hydrogens (tertiary/aromatic N) is 1. The number of thiophene rings is 1. The van der Waals surface area contributed by atoms with Gasteiger partial charge in [0.15, 0.2) is 0 Å². The van der Waals surface area contributed by atoms with Crippen molar-refractivity contribution in [3.05, 3.63) is 76.2 Å². The number of hydrogen-bond donors (Lipinski definition) is 1. The number of benzene rings is 2. The van der Waals surface area contributed by atoms with Gasteiger partial charge in [-0.1, -0.05) is 30.3 Å². The number of halogens is 3. The van der Waals surface area contributed by atoms with Crippen LogP contribution >= 0.6 is 11.3 Å². The molecule has 5 rings (SSSR count). The zero-order valence-corrected chi connectivity index (χ0v) is 19.7. The van der Waals surface area contributed by atoms with E-state index in [1.807, 2.05) is 24.3 Å². The first-order valence-electron chi connectivity index (χ1n) is 11.3. The molecule has 1 fully saturated rings. The lowest BCUT2D eigenvalue weighted by Crippen LogP contribution is -2.50. The second-order valence-corrected chi connectivity index (χ2v) is 9.83. The summed E-state index contributed by atoms with van der Waals surface area (Å²) in [5.41, 5.74) is 1.27. The Hall–Kier alpha value is -3.33. The van der Waals surface area contributed by atoms with Gasteiger partial charge in [-0.15, -0.1) is 11.3 Å². The minimum absolute atomic E-state index is 0.0683. The maximum Gasteiger partial charge on any atom is 0.416 e. The Bertz CT molecular complexity index is 1280. The summed E-state index contributed by atoms with van der Waals surface area (Å²) in [4.78, 5) is 28.8. The van der Waals surface area contributed by atoms with Crippen LogP contribution in [0, 0.1) is 0 Å². The number of fused-ring (bicyclic) bond motifs is 3. The Kier molecular flexibility index (Phi) is 6.04. The van der Waals surface area contributed by atoms with Crippen molar-refractivity contribution in [1.82, 2.24) is 10.2 Å². The second kappa shape index (κ2) is 9.03. The molecule has 2 bridgehead atoms. The summed E-state index contributed by atoms with van der Waals surface area (Å²) in [5, 5.41) is 3.92. The van der Waals surface area contributed by atoms with Gasteiger partial charge < -0.3 is 15.0 Å². The quantitative estimate of drug-likeness (QED) is 0.448. The fraction of sp³-hybridized carbons (Fsp3) is 0.308. The van der Waals surface area contributed by atoms with E-state index in [0.717, 1.165) is 39.1 Å². The summed E-state index contributed by atoms with van der Waals surface area (Å²) in [5.74, 6) is -0.441. The van der Waals surface area contributed by atoms with E-state index >= 15 is 0 Å². The average Bonchev–Trinajstić information content (AvgIpc) is 3.41. The van der Waals surface area contributed by atoms with Gasteiger partial charge in [0.2, 0.25) is 0 Å². The predicted molar refractivity (Wildman–Crippen MR) is 128 cm³/mol. The average molecular weight is 501 g/mol. The molecule has 1 aromatic heterocycles. The maximum atomic E-state index is 13.2. The highest BCUT2D eigenvalue weighted by Gasteiger charge is 2.46. The zero-order chi connectivity index (χ0) is 24.7. The minimum Gasteiger partial charge on any atom is -0.466 e. The topological polar surface area (TPSA) is 58.6 Å². The molecule has 0 aliphatic carbocycles. The van der Waals surface area contributed by atoms with E-state index in [1.54, 1.807) is 16.2 Å². The van der Waals surface area contributed by atoms with Gasteiger partial charge >= 0.3 is 18.2 Å². The van der Waals surface area contributed by atoms with Crippen LogP contribution in [0.1, 0.15) is 35.3 Å². The molecule has 182 valence electrons. The molecule has 5 nitrogen and oxygen atoms in total. The van der Waals surface area contributed by atoms with Crippen molar-refractivity contribution in [2.45, 2.75) is 44.1 Å².